The molecule has 0 amide bonds. The highest BCUT2D eigenvalue weighted by atomic mass is 16.9. The second-order valence-corrected chi connectivity index (χ2v) is 3.56. The van der Waals surface area contributed by atoms with Gasteiger partial charge < -0.3 is 10.6 Å². The number of nitrogens with zero attached hydrogens (tertiary/aromatic N) is 1. The number of hydrogen-bond acceptors (Lipinski definition) is 4. The van der Waals surface area contributed by atoms with Gasteiger partial charge in [0.2, 0.25) is 0 Å². The predicted octanol–water partition coefficient (Wildman–Crippen LogP) is 0.960. The molecule has 1 fully saturated rings. The molecule has 1 aliphatic rings. The maximum Gasteiger partial charge on any atom is 0.294 e. The molecule has 0 aliphatic heterocycles. The smallest absolute Gasteiger partial charge is 0.294 e. The van der Waals surface area contributed by atoms with Crippen molar-refractivity contribution in [3.05, 3.63) is 10.1 Å². The molecule has 2 atom stereocenters. The molecular weight excluding hydrogens is 172 g/mol. The molecule has 2 unspecified atom stereocenters. The Labute approximate surface area is 77.3 Å². The minimum absolute atomic E-state index is 0.217. The van der Waals surface area contributed by atoms with Crippen molar-refractivity contribution in [1.29, 1.82) is 0 Å². The average Bonchev–Trinajstić information content (AvgIpc) is 2.15. The third-order valence-corrected chi connectivity index (χ3v) is 2.76. The number of nitrogens with two attached hydrogens (primary N) is 1. The van der Waals surface area contributed by atoms with Crippen LogP contribution in [0.2, 0.25) is 0 Å². The lowest BCUT2D eigenvalue weighted by Gasteiger charge is -2.29. The first-order valence-electron chi connectivity index (χ1n) is 4.71. The summed E-state index contributed by atoms with van der Waals surface area (Å²) in [6.45, 7) is 0.834. The zero-order chi connectivity index (χ0) is 9.68. The van der Waals surface area contributed by atoms with E-state index in [2.05, 4.69) is 4.84 Å². The van der Waals surface area contributed by atoms with Crippen LogP contribution in [0, 0.1) is 22.0 Å². The van der Waals surface area contributed by atoms with Crippen LogP contribution in [0.5, 0.6) is 0 Å². The van der Waals surface area contributed by atoms with Gasteiger partial charge in [0.25, 0.3) is 5.09 Å². The van der Waals surface area contributed by atoms with Crippen molar-refractivity contribution >= 4 is 0 Å². The summed E-state index contributed by atoms with van der Waals surface area (Å²) in [4.78, 5) is 14.4. The zero-order valence-corrected chi connectivity index (χ0v) is 7.65. The molecule has 0 heterocycles. The van der Waals surface area contributed by atoms with Gasteiger partial charge in [-0.15, -0.1) is 10.1 Å². The van der Waals surface area contributed by atoms with E-state index in [1.54, 1.807) is 0 Å². The van der Waals surface area contributed by atoms with Crippen LogP contribution in [0.25, 0.3) is 0 Å². The van der Waals surface area contributed by atoms with Gasteiger partial charge in [-0.1, -0.05) is 12.8 Å². The molecule has 1 aliphatic carbocycles. The first-order chi connectivity index (χ1) is 6.24. The fraction of sp³-hybridized carbons (Fsp3) is 1.00. The Bertz CT molecular complexity index is 175. The molecule has 1 rings (SSSR count). The van der Waals surface area contributed by atoms with Gasteiger partial charge in [0.1, 0.15) is 0 Å². The highest BCUT2D eigenvalue weighted by Gasteiger charge is 2.24. The summed E-state index contributed by atoms with van der Waals surface area (Å²) in [5.74, 6) is 0.692. The van der Waals surface area contributed by atoms with Crippen LogP contribution in [0.15, 0.2) is 0 Å². The quantitative estimate of drug-likeness (QED) is 0.526. The molecule has 0 aromatic rings. The lowest BCUT2D eigenvalue weighted by Crippen LogP contribution is -2.30. The number of hydrogen-bond donors (Lipinski definition) is 1. The SMILES string of the molecule is NCC1CCCCC1CO[N+](=O)[O-]. The highest BCUT2D eigenvalue weighted by molar-refractivity contribution is 4.75. The van der Waals surface area contributed by atoms with Gasteiger partial charge in [-0.25, -0.2) is 0 Å². The van der Waals surface area contributed by atoms with Crippen LogP contribution in [-0.2, 0) is 4.84 Å². The van der Waals surface area contributed by atoms with Gasteiger partial charge >= 0.3 is 0 Å². The van der Waals surface area contributed by atoms with Crippen molar-refractivity contribution in [3.63, 3.8) is 0 Å². The summed E-state index contributed by atoms with van der Waals surface area (Å²) in [6, 6.07) is 0. The summed E-state index contributed by atoms with van der Waals surface area (Å²) in [5.41, 5.74) is 5.57. The zero-order valence-electron chi connectivity index (χ0n) is 7.65. The van der Waals surface area contributed by atoms with Crippen LogP contribution in [0.4, 0.5) is 0 Å². The third-order valence-electron chi connectivity index (χ3n) is 2.76. The van der Waals surface area contributed by atoms with Crippen LogP contribution in [0.3, 0.4) is 0 Å². The fourth-order valence-corrected chi connectivity index (χ4v) is 1.97. The maximum atomic E-state index is 9.99. The Morgan fingerprint density at radius 3 is 2.54 bits per heavy atom. The van der Waals surface area contributed by atoms with E-state index >= 15 is 0 Å². The molecule has 0 aromatic carbocycles. The summed E-state index contributed by atoms with van der Waals surface area (Å²) >= 11 is 0. The normalized spacial score (nSPS) is 28.4. The predicted molar refractivity (Wildman–Crippen MR) is 47.4 cm³/mol. The molecular formula is C8H16N2O3. The van der Waals surface area contributed by atoms with Crippen LogP contribution in [0.1, 0.15) is 25.7 Å². The van der Waals surface area contributed by atoms with Crippen molar-refractivity contribution in [1.82, 2.24) is 0 Å². The Morgan fingerprint density at radius 2 is 2.00 bits per heavy atom. The summed E-state index contributed by atoms with van der Waals surface area (Å²) < 4.78 is 0. The van der Waals surface area contributed by atoms with E-state index in [0.717, 1.165) is 19.3 Å². The Morgan fingerprint density at radius 1 is 1.38 bits per heavy atom. The maximum absolute atomic E-state index is 9.99. The second kappa shape index (κ2) is 5.01. The fourth-order valence-electron chi connectivity index (χ4n) is 1.97. The minimum Gasteiger partial charge on any atom is -0.330 e. The Kier molecular flexibility index (Phi) is 3.95. The van der Waals surface area contributed by atoms with Gasteiger partial charge in [0, 0.05) is 0 Å². The van der Waals surface area contributed by atoms with Crippen molar-refractivity contribution < 1.29 is 9.92 Å². The summed E-state index contributed by atoms with van der Waals surface area (Å²) in [6.07, 6.45) is 4.43. The molecule has 0 aromatic heterocycles. The summed E-state index contributed by atoms with van der Waals surface area (Å²) in [5, 5.41) is 9.27. The lowest BCUT2D eigenvalue weighted by molar-refractivity contribution is -0.759. The molecule has 2 N–H and O–H groups in total. The van der Waals surface area contributed by atoms with Crippen LogP contribution >= 0.6 is 0 Å². The van der Waals surface area contributed by atoms with E-state index in [9.17, 15) is 10.1 Å². The van der Waals surface area contributed by atoms with Gasteiger partial charge in [-0.3, -0.25) is 0 Å². The molecule has 0 saturated heterocycles. The van der Waals surface area contributed by atoms with Gasteiger partial charge in [-0.05, 0) is 31.2 Å². The highest BCUT2D eigenvalue weighted by Crippen LogP contribution is 2.29. The van der Waals surface area contributed by atoms with Crippen LogP contribution in [-0.4, -0.2) is 18.2 Å². The summed E-state index contributed by atoms with van der Waals surface area (Å²) in [7, 11) is 0. The van der Waals surface area contributed by atoms with Gasteiger partial charge in [-0.2, -0.15) is 0 Å². The van der Waals surface area contributed by atoms with E-state index < -0.39 is 5.09 Å². The van der Waals surface area contributed by atoms with E-state index in [1.165, 1.54) is 6.42 Å². The topological polar surface area (TPSA) is 78.4 Å². The molecule has 13 heavy (non-hydrogen) atoms. The molecule has 0 bridgehead atoms. The standard InChI is InChI=1S/C8H16N2O3/c9-5-7-3-1-2-4-8(7)6-13-10(11)12/h7-8H,1-6,9H2. The first-order valence-corrected chi connectivity index (χ1v) is 4.71. The molecule has 5 nitrogen and oxygen atoms in total. The van der Waals surface area contributed by atoms with Crippen molar-refractivity contribution in [2.24, 2.45) is 17.6 Å². The Balaban J connectivity index is 2.31. The van der Waals surface area contributed by atoms with Crippen LogP contribution < -0.4 is 5.73 Å². The number of rotatable bonds is 4. The lowest BCUT2D eigenvalue weighted by atomic mass is 9.80. The molecule has 0 radical (unpaired) electrons. The van der Waals surface area contributed by atoms with Gasteiger partial charge in [0.15, 0.2) is 0 Å². The third kappa shape index (κ3) is 3.18. The largest absolute Gasteiger partial charge is 0.330 e. The van der Waals surface area contributed by atoms with Crippen molar-refractivity contribution in [2.45, 2.75) is 25.7 Å². The van der Waals surface area contributed by atoms with Gasteiger partial charge in [0.05, 0.1) is 6.61 Å². The monoisotopic (exact) mass is 188 g/mol. The second-order valence-electron chi connectivity index (χ2n) is 3.56. The Hall–Kier alpha value is -0.840. The van der Waals surface area contributed by atoms with E-state index in [0.29, 0.717) is 12.5 Å². The van der Waals surface area contributed by atoms with Crippen molar-refractivity contribution in [2.75, 3.05) is 13.2 Å². The van der Waals surface area contributed by atoms with E-state index in [1.807, 2.05) is 0 Å². The van der Waals surface area contributed by atoms with E-state index in [4.69, 9.17) is 5.73 Å². The molecule has 5 heteroatoms. The average molecular weight is 188 g/mol. The van der Waals surface area contributed by atoms with Crippen molar-refractivity contribution in [3.8, 4) is 0 Å². The first kappa shape index (κ1) is 10.2. The molecule has 76 valence electrons. The van der Waals surface area contributed by atoms with E-state index in [-0.39, 0.29) is 12.5 Å². The molecule has 1 saturated carbocycles. The minimum atomic E-state index is -0.720. The molecule has 0 spiro atoms.